The maximum Gasteiger partial charge on any atom is 0.138 e. The summed E-state index contributed by atoms with van der Waals surface area (Å²) in [5.41, 5.74) is 12.5. The van der Waals surface area contributed by atoms with E-state index in [0.29, 0.717) is 0 Å². The van der Waals surface area contributed by atoms with Gasteiger partial charge in [-0.2, -0.15) is 0 Å². The van der Waals surface area contributed by atoms with Crippen molar-refractivity contribution in [2.75, 3.05) is 0 Å². The summed E-state index contributed by atoms with van der Waals surface area (Å²) in [6, 6.07) is 72.0. The topological polar surface area (TPSA) is 22.8 Å². The second-order valence-corrected chi connectivity index (χ2v) is 14.0. The van der Waals surface area contributed by atoms with Crippen LogP contribution in [0.3, 0.4) is 0 Å². The Kier molecular flexibility index (Phi) is 6.86. The van der Waals surface area contributed by atoms with E-state index in [1.807, 2.05) is 0 Å². The summed E-state index contributed by atoms with van der Waals surface area (Å²) < 4.78 is 4.83. The lowest BCUT2D eigenvalue weighted by Gasteiger charge is -2.14. The third-order valence-electron chi connectivity index (χ3n) is 10.9. The number of benzene rings is 8. The van der Waals surface area contributed by atoms with Crippen LogP contribution in [0.2, 0.25) is 0 Å². The smallest absolute Gasteiger partial charge is 0.138 e. The minimum Gasteiger partial charge on any atom is -0.309 e. The molecule has 0 aliphatic rings. The number of hydrogen-bond donors (Lipinski definition) is 0. The van der Waals surface area contributed by atoms with Crippen molar-refractivity contribution in [1.82, 2.24) is 14.1 Å². The van der Waals surface area contributed by atoms with Gasteiger partial charge in [-0.1, -0.05) is 158 Å². The fraction of sp³-hybridized carbons (Fsp3) is 0. The molecule has 3 heteroatoms. The highest BCUT2D eigenvalue weighted by Gasteiger charge is 2.23. The van der Waals surface area contributed by atoms with Crippen molar-refractivity contribution >= 4 is 54.4 Å². The number of nitrogens with zero attached hydrogens (tertiary/aromatic N) is 3. The average molecular weight is 688 g/mol. The molecule has 3 nitrogen and oxygen atoms in total. The van der Waals surface area contributed by atoms with Crippen molar-refractivity contribution in [3.63, 3.8) is 0 Å². The monoisotopic (exact) mass is 687 g/mol. The van der Waals surface area contributed by atoms with Gasteiger partial charge in [0.25, 0.3) is 0 Å². The molecule has 0 saturated heterocycles. The van der Waals surface area contributed by atoms with E-state index in [2.05, 4.69) is 209 Å². The molecule has 0 fully saturated rings. The largest absolute Gasteiger partial charge is 0.309 e. The average Bonchev–Trinajstić information content (AvgIpc) is 3.78. The van der Waals surface area contributed by atoms with Crippen molar-refractivity contribution in [3.05, 3.63) is 200 Å². The summed E-state index contributed by atoms with van der Waals surface area (Å²) in [5.74, 6) is 0.887. The van der Waals surface area contributed by atoms with Crippen molar-refractivity contribution in [3.8, 4) is 45.0 Å². The van der Waals surface area contributed by atoms with Crippen LogP contribution in [0.25, 0.3) is 99.4 Å². The molecule has 0 bridgehead atoms. The van der Waals surface area contributed by atoms with Crippen LogP contribution in [0.15, 0.2) is 200 Å². The Labute approximate surface area is 312 Å². The normalized spacial score (nSPS) is 11.7. The van der Waals surface area contributed by atoms with E-state index in [9.17, 15) is 0 Å². The predicted octanol–water partition coefficient (Wildman–Crippen LogP) is 13.4. The highest BCUT2D eigenvalue weighted by molar-refractivity contribution is 6.30. The molecule has 0 radical (unpaired) electrons. The number of aromatic nitrogens is 3. The molecule has 0 spiro atoms. The Morgan fingerprint density at radius 2 is 0.907 bits per heavy atom. The molecule has 0 atom stereocenters. The van der Waals surface area contributed by atoms with Gasteiger partial charge in [-0.15, -0.1) is 0 Å². The summed E-state index contributed by atoms with van der Waals surface area (Å²) in [6.45, 7) is 0. The summed E-state index contributed by atoms with van der Waals surface area (Å²) >= 11 is 0. The van der Waals surface area contributed by atoms with Gasteiger partial charge >= 0.3 is 0 Å². The number of rotatable bonds is 5. The second kappa shape index (κ2) is 12.2. The van der Waals surface area contributed by atoms with E-state index in [4.69, 9.17) is 4.98 Å². The molecule has 0 aliphatic heterocycles. The van der Waals surface area contributed by atoms with Crippen molar-refractivity contribution in [1.29, 1.82) is 0 Å². The zero-order chi connectivity index (χ0) is 35.6. The highest BCUT2D eigenvalue weighted by atomic mass is 15.1. The molecule has 0 saturated carbocycles. The van der Waals surface area contributed by atoms with Gasteiger partial charge in [-0.3, -0.25) is 4.57 Å². The first-order valence-corrected chi connectivity index (χ1v) is 18.5. The van der Waals surface area contributed by atoms with Gasteiger partial charge in [0, 0.05) is 32.8 Å². The SMILES string of the molecule is c1ccc(-c2ccc(-c3cc(-c4ccccc4)nc(-n4c5ccc6ccccc6c5c5ccc6c(c7ccccc7n6-c6ccccc6)c54)c3)cc2)cc1. The first kappa shape index (κ1) is 30.4. The summed E-state index contributed by atoms with van der Waals surface area (Å²) in [6.07, 6.45) is 0. The first-order chi connectivity index (χ1) is 26.8. The lowest BCUT2D eigenvalue weighted by molar-refractivity contribution is 1.09. The molecule has 0 amide bonds. The van der Waals surface area contributed by atoms with Crippen LogP contribution >= 0.6 is 0 Å². The maximum atomic E-state index is 5.53. The molecule has 54 heavy (non-hydrogen) atoms. The third-order valence-corrected chi connectivity index (χ3v) is 10.9. The first-order valence-electron chi connectivity index (χ1n) is 18.5. The van der Waals surface area contributed by atoms with Crippen LogP contribution in [0.4, 0.5) is 0 Å². The Bertz CT molecular complexity index is 3170. The van der Waals surface area contributed by atoms with Crippen LogP contribution in [-0.4, -0.2) is 14.1 Å². The minimum absolute atomic E-state index is 0.887. The molecular formula is C51H33N3. The van der Waals surface area contributed by atoms with Crippen molar-refractivity contribution < 1.29 is 0 Å². The molecule has 3 aromatic heterocycles. The fourth-order valence-corrected chi connectivity index (χ4v) is 8.46. The van der Waals surface area contributed by atoms with E-state index in [0.717, 1.165) is 44.9 Å². The van der Waals surface area contributed by atoms with Crippen molar-refractivity contribution in [2.45, 2.75) is 0 Å². The van der Waals surface area contributed by atoms with Gasteiger partial charge < -0.3 is 4.57 Å². The van der Waals surface area contributed by atoms with Gasteiger partial charge in [-0.05, 0) is 75.5 Å². The zero-order valence-electron chi connectivity index (χ0n) is 29.4. The Hall–Kier alpha value is -7.23. The number of fused-ring (bicyclic) bond motifs is 9. The summed E-state index contributed by atoms with van der Waals surface area (Å²) in [7, 11) is 0. The molecule has 0 unspecified atom stereocenters. The standard InChI is InChI=1S/C51H33N3/c1-4-14-34(15-5-1)35-24-26-36(27-25-35)39-32-44(38-17-6-2-7-18-38)52-48(33-39)54-46-30-28-37-16-10-11-21-41(37)49(46)43-29-31-47-50(51(43)54)42-22-12-13-23-45(42)53(47)40-19-8-3-9-20-40/h1-33H. The Balaban J connectivity index is 1.27. The molecule has 0 aliphatic carbocycles. The molecule has 11 aromatic rings. The van der Waals surface area contributed by atoms with Gasteiger partial charge in [0.1, 0.15) is 5.82 Å². The predicted molar refractivity (Wildman–Crippen MR) is 227 cm³/mol. The molecule has 8 aromatic carbocycles. The second-order valence-electron chi connectivity index (χ2n) is 14.0. The van der Waals surface area contributed by atoms with Crippen LogP contribution in [0.1, 0.15) is 0 Å². The Morgan fingerprint density at radius 3 is 1.67 bits per heavy atom. The minimum atomic E-state index is 0.887. The summed E-state index contributed by atoms with van der Waals surface area (Å²) in [5, 5.41) is 7.34. The van der Waals surface area contributed by atoms with E-state index < -0.39 is 0 Å². The van der Waals surface area contributed by atoms with Crippen molar-refractivity contribution in [2.24, 2.45) is 0 Å². The number of para-hydroxylation sites is 2. The van der Waals surface area contributed by atoms with E-state index in [1.54, 1.807) is 0 Å². The molecule has 11 rings (SSSR count). The molecule has 252 valence electrons. The summed E-state index contributed by atoms with van der Waals surface area (Å²) in [4.78, 5) is 5.53. The Morgan fingerprint density at radius 1 is 0.333 bits per heavy atom. The third kappa shape index (κ3) is 4.72. The number of pyridine rings is 1. The fourth-order valence-electron chi connectivity index (χ4n) is 8.46. The van der Waals surface area contributed by atoms with Gasteiger partial charge in [0.05, 0.1) is 27.8 Å². The zero-order valence-corrected chi connectivity index (χ0v) is 29.4. The quantitative estimate of drug-likeness (QED) is 0.177. The van der Waals surface area contributed by atoms with E-state index in [-0.39, 0.29) is 0 Å². The molecule has 0 N–H and O–H groups in total. The van der Waals surface area contributed by atoms with Gasteiger partial charge in [0.15, 0.2) is 0 Å². The van der Waals surface area contributed by atoms with E-state index in [1.165, 1.54) is 54.5 Å². The molecular weight excluding hydrogens is 655 g/mol. The van der Waals surface area contributed by atoms with E-state index >= 15 is 0 Å². The van der Waals surface area contributed by atoms with Gasteiger partial charge in [-0.25, -0.2) is 4.98 Å². The maximum absolute atomic E-state index is 5.53. The van der Waals surface area contributed by atoms with Crippen LogP contribution in [0, 0.1) is 0 Å². The highest BCUT2D eigenvalue weighted by Crippen LogP contribution is 2.44. The van der Waals surface area contributed by atoms with Crippen LogP contribution in [-0.2, 0) is 0 Å². The lowest BCUT2D eigenvalue weighted by atomic mass is 9.99. The van der Waals surface area contributed by atoms with Gasteiger partial charge in [0.2, 0.25) is 0 Å². The van der Waals surface area contributed by atoms with Crippen LogP contribution in [0.5, 0.6) is 0 Å². The molecule has 3 heterocycles. The lowest BCUT2D eigenvalue weighted by Crippen LogP contribution is -2.00. The van der Waals surface area contributed by atoms with Crippen LogP contribution < -0.4 is 0 Å². The number of hydrogen-bond acceptors (Lipinski definition) is 1.